The lowest BCUT2D eigenvalue weighted by molar-refractivity contribution is 0.220. The van der Waals surface area contributed by atoms with Crippen LogP contribution in [0.15, 0.2) is 47.1 Å². The van der Waals surface area contributed by atoms with E-state index in [4.69, 9.17) is 4.42 Å². The maximum atomic E-state index is 10.8. The van der Waals surface area contributed by atoms with Crippen molar-refractivity contribution in [3.05, 3.63) is 64.9 Å². The Morgan fingerprint density at radius 2 is 1.78 bits per heavy atom. The highest BCUT2D eigenvalue weighted by atomic mass is 16.3. The minimum atomic E-state index is -0.792. The molecule has 23 heavy (non-hydrogen) atoms. The number of nitrogens with zero attached hydrogens (tertiary/aromatic N) is 1. The molecule has 1 atom stereocenters. The first-order valence-corrected chi connectivity index (χ1v) is 7.58. The molecule has 0 aliphatic heterocycles. The fourth-order valence-corrected chi connectivity index (χ4v) is 2.82. The van der Waals surface area contributed by atoms with Crippen LogP contribution < -0.4 is 0 Å². The summed E-state index contributed by atoms with van der Waals surface area (Å²) < 4.78 is 5.60. The van der Waals surface area contributed by atoms with Gasteiger partial charge in [-0.1, -0.05) is 29.8 Å². The highest BCUT2D eigenvalue weighted by Crippen LogP contribution is 2.36. The highest BCUT2D eigenvalue weighted by molar-refractivity contribution is 5.87. The van der Waals surface area contributed by atoms with Gasteiger partial charge in [-0.3, -0.25) is 0 Å². The van der Waals surface area contributed by atoms with E-state index < -0.39 is 6.10 Å². The van der Waals surface area contributed by atoms with Gasteiger partial charge in [-0.15, -0.1) is 0 Å². The maximum Gasteiger partial charge on any atom is 0.134 e. The number of benzene rings is 2. The van der Waals surface area contributed by atoms with Gasteiger partial charge in [0.15, 0.2) is 0 Å². The van der Waals surface area contributed by atoms with Crippen molar-refractivity contribution in [1.82, 2.24) is 4.90 Å². The summed E-state index contributed by atoms with van der Waals surface area (Å²) in [6.07, 6.45) is 0.785. The minimum Gasteiger partial charge on any atom is -0.508 e. The van der Waals surface area contributed by atoms with Gasteiger partial charge in [0, 0.05) is 23.1 Å². The summed E-state index contributed by atoms with van der Waals surface area (Å²) in [7, 11) is 3.88. The van der Waals surface area contributed by atoms with Crippen LogP contribution in [-0.2, 0) is 6.54 Å². The average molecular weight is 311 g/mol. The van der Waals surface area contributed by atoms with Crippen molar-refractivity contribution in [3.63, 3.8) is 0 Å². The van der Waals surface area contributed by atoms with E-state index in [0.29, 0.717) is 17.7 Å². The standard InChI is InChI=1S/C19H21NO3/c1-12-4-6-13(7-5-12)19(22)15-11-23-17-9-8-16(21)14(18(15)17)10-20(2)3/h4-9,11,19,21-22H,10H2,1-3H3/t19-/m0/s1. The Balaban J connectivity index is 2.13. The number of fused-ring (bicyclic) bond motifs is 1. The number of aliphatic hydroxyl groups excluding tert-OH is 1. The van der Waals surface area contributed by atoms with E-state index in [1.807, 2.05) is 50.2 Å². The Hall–Kier alpha value is -2.30. The van der Waals surface area contributed by atoms with Gasteiger partial charge in [0.05, 0.1) is 6.26 Å². The van der Waals surface area contributed by atoms with Gasteiger partial charge in [-0.25, -0.2) is 0 Å². The molecule has 0 spiro atoms. The van der Waals surface area contributed by atoms with Gasteiger partial charge in [0.1, 0.15) is 17.4 Å². The van der Waals surface area contributed by atoms with Crippen LogP contribution in [0.5, 0.6) is 5.75 Å². The first-order chi connectivity index (χ1) is 11.0. The molecular formula is C19H21NO3. The van der Waals surface area contributed by atoms with Gasteiger partial charge >= 0.3 is 0 Å². The van der Waals surface area contributed by atoms with Gasteiger partial charge in [0.25, 0.3) is 0 Å². The lowest BCUT2D eigenvalue weighted by atomic mass is 9.97. The summed E-state index contributed by atoms with van der Waals surface area (Å²) in [5.74, 6) is 0.213. The Bertz CT molecular complexity index is 818. The topological polar surface area (TPSA) is 56.8 Å². The van der Waals surface area contributed by atoms with Crippen LogP contribution >= 0.6 is 0 Å². The average Bonchev–Trinajstić information content (AvgIpc) is 2.94. The molecule has 0 unspecified atom stereocenters. The molecule has 0 radical (unpaired) electrons. The van der Waals surface area contributed by atoms with Crippen LogP contribution in [0.1, 0.15) is 28.4 Å². The number of rotatable bonds is 4. The van der Waals surface area contributed by atoms with Crippen LogP contribution in [0.4, 0.5) is 0 Å². The van der Waals surface area contributed by atoms with Crippen molar-refractivity contribution >= 4 is 11.0 Å². The number of hydrogen-bond donors (Lipinski definition) is 2. The number of phenolic OH excluding ortho intramolecular Hbond substituents is 1. The second-order valence-electron chi connectivity index (χ2n) is 6.18. The van der Waals surface area contributed by atoms with E-state index in [9.17, 15) is 10.2 Å². The van der Waals surface area contributed by atoms with E-state index >= 15 is 0 Å². The normalized spacial score (nSPS) is 12.9. The van der Waals surface area contributed by atoms with Crippen LogP contribution in [-0.4, -0.2) is 29.2 Å². The molecule has 0 amide bonds. The van der Waals surface area contributed by atoms with Crippen molar-refractivity contribution in [2.75, 3.05) is 14.1 Å². The van der Waals surface area contributed by atoms with Crippen LogP contribution in [0, 0.1) is 6.92 Å². The fourth-order valence-electron chi connectivity index (χ4n) is 2.82. The zero-order valence-electron chi connectivity index (χ0n) is 13.6. The Kier molecular flexibility index (Phi) is 4.11. The van der Waals surface area contributed by atoms with E-state index in [-0.39, 0.29) is 5.75 Å². The van der Waals surface area contributed by atoms with E-state index in [1.54, 1.807) is 18.4 Å². The predicted molar refractivity (Wildman–Crippen MR) is 90.5 cm³/mol. The summed E-state index contributed by atoms with van der Waals surface area (Å²) >= 11 is 0. The molecule has 0 aliphatic carbocycles. The number of phenols is 1. The van der Waals surface area contributed by atoms with Crippen LogP contribution in [0.2, 0.25) is 0 Å². The Morgan fingerprint density at radius 3 is 2.43 bits per heavy atom. The summed E-state index contributed by atoms with van der Waals surface area (Å²) in [6, 6.07) is 11.1. The largest absolute Gasteiger partial charge is 0.508 e. The summed E-state index contributed by atoms with van der Waals surface area (Å²) in [6.45, 7) is 2.58. The molecule has 0 fully saturated rings. The first-order valence-electron chi connectivity index (χ1n) is 7.58. The van der Waals surface area contributed by atoms with E-state index in [2.05, 4.69) is 0 Å². The van der Waals surface area contributed by atoms with Gasteiger partial charge in [0.2, 0.25) is 0 Å². The third-order valence-corrected chi connectivity index (χ3v) is 4.01. The second-order valence-corrected chi connectivity index (χ2v) is 6.18. The Labute approximate surface area is 135 Å². The molecule has 120 valence electrons. The van der Waals surface area contributed by atoms with E-state index in [0.717, 1.165) is 22.1 Å². The number of aromatic hydroxyl groups is 1. The lowest BCUT2D eigenvalue weighted by Gasteiger charge is -2.15. The number of hydrogen-bond acceptors (Lipinski definition) is 4. The second kappa shape index (κ2) is 6.07. The van der Waals surface area contributed by atoms with Crippen LogP contribution in [0.3, 0.4) is 0 Å². The third kappa shape index (κ3) is 2.96. The summed E-state index contributed by atoms with van der Waals surface area (Å²) in [5.41, 5.74) is 4.06. The SMILES string of the molecule is Cc1ccc([C@H](O)c2coc3ccc(O)c(CN(C)C)c23)cc1. The zero-order chi connectivity index (χ0) is 16.6. The molecule has 3 aromatic rings. The molecule has 2 N–H and O–H groups in total. The number of aryl methyl sites for hydroxylation is 1. The van der Waals surface area contributed by atoms with Gasteiger partial charge in [-0.05, 0) is 38.7 Å². The molecule has 1 heterocycles. The van der Waals surface area contributed by atoms with Crippen molar-refractivity contribution in [1.29, 1.82) is 0 Å². The van der Waals surface area contributed by atoms with Gasteiger partial charge in [-0.2, -0.15) is 0 Å². The molecule has 2 aromatic carbocycles. The van der Waals surface area contributed by atoms with Gasteiger partial charge < -0.3 is 19.5 Å². The smallest absolute Gasteiger partial charge is 0.134 e. The first kappa shape index (κ1) is 15.6. The number of furan rings is 1. The molecule has 4 heteroatoms. The third-order valence-electron chi connectivity index (χ3n) is 4.01. The van der Waals surface area contributed by atoms with Crippen molar-refractivity contribution in [2.24, 2.45) is 0 Å². The minimum absolute atomic E-state index is 0.213. The molecule has 3 rings (SSSR count). The highest BCUT2D eigenvalue weighted by Gasteiger charge is 2.21. The quantitative estimate of drug-likeness (QED) is 0.773. The molecule has 0 saturated carbocycles. The summed E-state index contributed by atoms with van der Waals surface area (Å²) in [5, 5.41) is 21.8. The monoisotopic (exact) mass is 311 g/mol. The predicted octanol–water partition coefficient (Wildman–Crippen LogP) is 3.59. The van der Waals surface area contributed by atoms with Crippen molar-refractivity contribution in [3.8, 4) is 5.75 Å². The zero-order valence-corrected chi connectivity index (χ0v) is 13.6. The fraction of sp³-hybridized carbons (Fsp3) is 0.263. The van der Waals surface area contributed by atoms with Crippen molar-refractivity contribution in [2.45, 2.75) is 19.6 Å². The summed E-state index contributed by atoms with van der Waals surface area (Å²) in [4.78, 5) is 1.98. The molecular weight excluding hydrogens is 290 g/mol. The lowest BCUT2D eigenvalue weighted by Crippen LogP contribution is -2.11. The van der Waals surface area contributed by atoms with Crippen LogP contribution in [0.25, 0.3) is 11.0 Å². The molecule has 0 bridgehead atoms. The molecule has 1 aromatic heterocycles. The van der Waals surface area contributed by atoms with Crippen molar-refractivity contribution < 1.29 is 14.6 Å². The number of aliphatic hydroxyl groups is 1. The maximum absolute atomic E-state index is 10.8. The molecule has 0 saturated heterocycles. The molecule has 4 nitrogen and oxygen atoms in total. The van der Waals surface area contributed by atoms with E-state index in [1.165, 1.54) is 0 Å². The Morgan fingerprint density at radius 1 is 1.09 bits per heavy atom. The molecule has 0 aliphatic rings.